The van der Waals surface area contributed by atoms with Crippen molar-refractivity contribution in [1.82, 2.24) is 5.32 Å². The largest absolute Gasteiger partial charge is 0.425 e. The third kappa shape index (κ3) is 8.25. The predicted molar refractivity (Wildman–Crippen MR) is 114 cm³/mol. The number of ether oxygens (including phenoxy) is 2. The zero-order chi connectivity index (χ0) is 20.4. The second-order valence-corrected chi connectivity index (χ2v) is 8.60. The van der Waals surface area contributed by atoms with Crippen LogP contribution in [0.25, 0.3) is 0 Å². The lowest BCUT2D eigenvalue weighted by atomic mass is 10.0. The number of nitrogens with one attached hydrogen (secondary N) is 1. The van der Waals surface area contributed by atoms with Crippen molar-refractivity contribution < 1.29 is 19.1 Å². The van der Waals surface area contributed by atoms with Gasteiger partial charge in [0.15, 0.2) is 0 Å². The molecule has 0 heterocycles. The maximum absolute atomic E-state index is 12.2. The highest BCUT2D eigenvalue weighted by Gasteiger charge is 2.18. The van der Waals surface area contributed by atoms with Gasteiger partial charge in [0.1, 0.15) is 12.5 Å². The summed E-state index contributed by atoms with van der Waals surface area (Å²) in [5.74, 6) is 0.827. The zero-order valence-electron chi connectivity index (χ0n) is 16.5. The second-order valence-electron chi connectivity index (χ2n) is 6.93. The minimum Gasteiger partial charge on any atom is -0.425 e. The summed E-state index contributed by atoms with van der Waals surface area (Å²) in [6.45, 7) is 2.03. The quantitative estimate of drug-likeness (QED) is 0.394. The van der Waals surface area contributed by atoms with E-state index in [2.05, 4.69) is 5.32 Å². The molecule has 0 aromatic carbocycles. The van der Waals surface area contributed by atoms with Crippen LogP contribution in [0.2, 0.25) is 0 Å². The van der Waals surface area contributed by atoms with Gasteiger partial charge in [-0.15, -0.1) is 0 Å². The van der Waals surface area contributed by atoms with Crippen molar-refractivity contribution in [2.45, 2.75) is 51.9 Å². The molecule has 0 saturated heterocycles. The molecular formula is C21H28ClNO4S. The molecule has 2 rings (SSSR count). The van der Waals surface area contributed by atoms with Gasteiger partial charge in [0.25, 0.3) is 5.24 Å². The van der Waals surface area contributed by atoms with Gasteiger partial charge >= 0.3 is 5.97 Å². The van der Waals surface area contributed by atoms with Gasteiger partial charge in [-0.05, 0) is 53.7 Å². The van der Waals surface area contributed by atoms with E-state index in [9.17, 15) is 9.59 Å². The Bertz CT molecular complexity index is 691. The summed E-state index contributed by atoms with van der Waals surface area (Å²) in [5, 5.41) is 2.94. The molecule has 2 aliphatic carbocycles. The fourth-order valence-electron chi connectivity index (χ4n) is 3.21. The molecule has 1 N–H and O–H groups in total. The third-order valence-electron chi connectivity index (χ3n) is 4.65. The molecular weight excluding hydrogens is 398 g/mol. The van der Waals surface area contributed by atoms with Crippen LogP contribution in [0.15, 0.2) is 45.6 Å². The fraction of sp³-hybridized carbons (Fsp3) is 0.524. The number of hydrogen-bond donors (Lipinski definition) is 1. The molecule has 154 valence electrons. The van der Waals surface area contributed by atoms with Gasteiger partial charge in [-0.3, -0.25) is 9.59 Å². The van der Waals surface area contributed by atoms with Crippen LogP contribution in [0.5, 0.6) is 0 Å². The average molecular weight is 426 g/mol. The summed E-state index contributed by atoms with van der Waals surface area (Å²) in [4.78, 5) is 24.7. The van der Waals surface area contributed by atoms with Crippen LogP contribution in [-0.4, -0.2) is 25.0 Å². The Morgan fingerprint density at radius 3 is 2.79 bits per heavy atom. The number of methoxy groups -OCH3 is 1. The van der Waals surface area contributed by atoms with Crippen molar-refractivity contribution in [3.05, 3.63) is 45.6 Å². The number of thioether (sulfide) groups is 1. The van der Waals surface area contributed by atoms with Gasteiger partial charge in [-0.2, -0.15) is 0 Å². The van der Waals surface area contributed by atoms with E-state index in [4.69, 9.17) is 21.1 Å². The number of halogens is 1. The van der Waals surface area contributed by atoms with Gasteiger partial charge in [0.2, 0.25) is 0 Å². The van der Waals surface area contributed by atoms with E-state index in [-0.39, 0.29) is 17.9 Å². The maximum Gasteiger partial charge on any atom is 0.311 e. The lowest BCUT2D eigenvalue weighted by molar-refractivity contribution is -0.139. The van der Waals surface area contributed by atoms with Gasteiger partial charge in [-0.1, -0.05) is 49.4 Å². The minimum absolute atomic E-state index is 0.177. The molecule has 28 heavy (non-hydrogen) atoms. The first-order valence-electron chi connectivity index (χ1n) is 9.58. The Morgan fingerprint density at radius 2 is 2.07 bits per heavy atom. The van der Waals surface area contributed by atoms with Crippen LogP contribution >= 0.6 is 23.4 Å². The van der Waals surface area contributed by atoms with E-state index in [0.29, 0.717) is 29.6 Å². The Kier molecular flexibility index (Phi) is 9.88. The summed E-state index contributed by atoms with van der Waals surface area (Å²) in [5.41, 5.74) is 0.902. The first-order chi connectivity index (χ1) is 13.5. The Hall–Kier alpha value is -1.50. The standard InChI is InChI=1S/C21H28ClNO4S/c1-15(28-21(25)23-14-26-2)13-17-7-10-18(22)19(11-8-17)27-20(24)12-9-16-5-3-4-6-16/h7-8,11,13,16H,3-6,9-10,12,14H2,1-2H3,(H,23,25)/b15-13-. The Labute approximate surface area is 176 Å². The molecule has 5 nitrogen and oxygen atoms in total. The monoisotopic (exact) mass is 425 g/mol. The van der Waals surface area contributed by atoms with Crippen LogP contribution in [0.4, 0.5) is 4.79 Å². The number of carbonyl (C=O) groups excluding carboxylic acids is 2. The van der Waals surface area contributed by atoms with Gasteiger partial charge in [-0.25, -0.2) is 0 Å². The Balaban J connectivity index is 1.86. The van der Waals surface area contributed by atoms with Crippen LogP contribution in [0, 0.1) is 5.92 Å². The molecule has 0 radical (unpaired) electrons. The van der Waals surface area contributed by atoms with E-state index >= 15 is 0 Å². The van der Waals surface area contributed by atoms with E-state index in [0.717, 1.165) is 28.7 Å². The molecule has 0 bridgehead atoms. The summed E-state index contributed by atoms with van der Waals surface area (Å²) < 4.78 is 10.3. The lowest BCUT2D eigenvalue weighted by Crippen LogP contribution is -2.20. The van der Waals surface area contributed by atoms with Crippen molar-refractivity contribution in [2.24, 2.45) is 5.92 Å². The van der Waals surface area contributed by atoms with Crippen molar-refractivity contribution in [3.63, 3.8) is 0 Å². The highest BCUT2D eigenvalue weighted by Crippen LogP contribution is 2.29. The first-order valence-corrected chi connectivity index (χ1v) is 10.8. The molecule has 1 fully saturated rings. The van der Waals surface area contributed by atoms with Crippen molar-refractivity contribution in [2.75, 3.05) is 13.8 Å². The van der Waals surface area contributed by atoms with Crippen LogP contribution in [0.1, 0.15) is 51.9 Å². The third-order valence-corrected chi connectivity index (χ3v) is 5.76. The normalized spacial score (nSPS) is 18.1. The highest BCUT2D eigenvalue weighted by molar-refractivity contribution is 8.16. The van der Waals surface area contributed by atoms with Crippen LogP contribution < -0.4 is 5.32 Å². The number of carbonyl (C=O) groups is 2. The number of esters is 1. The molecule has 1 amide bonds. The number of allylic oxidation sites excluding steroid dienone is 7. The SMILES string of the molecule is COCNC(=O)S/C(C)=C\C1=CCC(Cl)=C(OC(=O)CCC2CCCC2)C=C1. The van der Waals surface area contributed by atoms with E-state index in [1.165, 1.54) is 32.8 Å². The number of rotatable bonds is 8. The molecule has 0 unspecified atom stereocenters. The number of hydrogen-bond acceptors (Lipinski definition) is 5. The van der Waals surface area contributed by atoms with Crippen LogP contribution in [-0.2, 0) is 14.3 Å². The molecule has 0 aromatic rings. The number of amides is 1. The highest BCUT2D eigenvalue weighted by atomic mass is 35.5. The first kappa shape index (κ1) is 22.8. The Morgan fingerprint density at radius 1 is 1.32 bits per heavy atom. The molecule has 0 aromatic heterocycles. The fourth-order valence-corrected chi connectivity index (χ4v) is 4.00. The maximum atomic E-state index is 12.2. The molecule has 0 spiro atoms. The molecule has 7 heteroatoms. The van der Waals surface area contributed by atoms with E-state index < -0.39 is 0 Å². The van der Waals surface area contributed by atoms with Gasteiger partial charge in [0, 0.05) is 20.0 Å². The molecule has 0 aliphatic heterocycles. The summed E-state index contributed by atoms with van der Waals surface area (Å²) in [6.07, 6.45) is 14.2. The van der Waals surface area contributed by atoms with E-state index in [1.54, 1.807) is 6.08 Å². The average Bonchev–Trinajstić information content (AvgIpc) is 3.13. The van der Waals surface area contributed by atoms with Crippen LogP contribution in [0.3, 0.4) is 0 Å². The molecule has 2 aliphatic rings. The smallest absolute Gasteiger partial charge is 0.311 e. The minimum atomic E-state index is -0.231. The molecule has 0 atom stereocenters. The summed E-state index contributed by atoms with van der Waals surface area (Å²) >= 11 is 7.40. The lowest BCUT2D eigenvalue weighted by Gasteiger charge is -2.09. The zero-order valence-corrected chi connectivity index (χ0v) is 18.0. The molecule has 1 saturated carbocycles. The predicted octanol–water partition coefficient (Wildman–Crippen LogP) is 5.79. The van der Waals surface area contributed by atoms with Crippen molar-refractivity contribution in [1.29, 1.82) is 0 Å². The second kappa shape index (κ2) is 12.1. The van der Waals surface area contributed by atoms with Gasteiger partial charge < -0.3 is 14.8 Å². The summed E-state index contributed by atoms with van der Waals surface area (Å²) in [7, 11) is 1.52. The topological polar surface area (TPSA) is 64.6 Å². The van der Waals surface area contributed by atoms with Crippen molar-refractivity contribution in [3.8, 4) is 0 Å². The van der Waals surface area contributed by atoms with E-state index in [1.807, 2.05) is 25.2 Å². The van der Waals surface area contributed by atoms with Crippen molar-refractivity contribution >= 4 is 34.6 Å². The summed E-state index contributed by atoms with van der Waals surface area (Å²) in [6, 6.07) is 0. The van der Waals surface area contributed by atoms with Gasteiger partial charge in [0.05, 0.1) is 5.03 Å².